The van der Waals surface area contributed by atoms with Gasteiger partial charge >= 0.3 is 0 Å². The Balaban J connectivity index is 2.35. The number of hydrogen-bond donors (Lipinski definition) is 2. The van der Waals surface area contributed by atoms with Crippen LogP contribution in [0.4, 0.5) is 0 Å². The molecule has 0 aromatic heterocycles. The molecule has 0 spiro atoms. The van der Waals surface area contributed by atoms with Gasteiger partial charge in [0.2, 0.25) is 0 Å². The van der Waals surface area contributed by atoms with Crippen LogP contribution in [0.1, 0.15) is 58.8 Å². The molecule has 3 unspecified atom stereocenters. The van der Waals surface area contributed by atoms with Crippen molar-refractivity contribution < 1.29 is 9.90 Å². The van der Waals surface area contributed by atoms with Crippen LogP contribution in [0.25, 0.3) is 0 Å². The summed E-state index contributed by atoms with van der Waals surface area (Å²) in [7, 11) is 0. The van der Waals surface area contributed by atoms with Crippen LogP contribution in [-0.4, -0.2) is 23.5 Å². The molecule has 0 amide bonds. The summed E-state index contributed by atoms with van der Waals surface area (Å²) in [5, 5.41) is 10.1. The molecule has 3 nitrogen and oxygen atoms in total. The van der Waals surface area contributed by atoms with Gasteiger partial charge in [-0.2, -0.15) is 0 Å². The summed E-state index contributed by atoms with van der Waals surface area (Å²) in [6.45, 7) is 4.02. The van der Waals surface area contributed by atoms with Crippen LogP contribution in [0.5, 0.6) is 0 Å². The van der Waals surface area contributed by atoms with Gasteiger partial charge in [0.05, 0.1) is 6.10 Å². The van der Waals surface area contributed by atoms with Crippen molar-refractivity contribution in [2.24, 2.45) is 23.5 Å². The van der Waals surface area contributed by atoms with E-state index in [0.717, 1.165) is 12.7 Å². The molecule has 0 radical (unpaired) electrons. The fourth-order valence-corrected chi connectivity index (χ4v) is 2.90. The lowest BCUT2D eigenvalue weighted by atomic mass is 9.82. The van der Waals surface area contributed by atoms with E-state index in [4.69, 9.17) is 5.73 Å². The van der Waals surface area contributed by atoms with E-state index in [9.17, 15) is 9.90 Å². The third kappa shape index (κ3) is 5.07. The maximum Gasteiger partial charge on any atom is 0.123 e. The second kappa shape index (κ2) is 7.90. The van der Waals surface area contributed by atoms with E-state index in [-0.39, 0.29) is 17.9 Å². The SMILES string of the molecule is CC(C)C(C=O)CC(O)C(N)CC1CCCCC1. The average molecular weight is 255 g/mol. The van der Waals surface area contributed by atoms with Gasteiger partial charge in [-0.1, -0.05) is 46.0 Å². The molecule has 0 aromatic rings. The van der Waals surface area contributed by atoms with Gasteiger partial charge in [-0.05, 0) is 24.7 Å². The van der Waals surface area contributed by atoms with E-state index in [2.05, 4.69) is 0 Å². The zero-order valence-corrected chi connectivity index (χ0v) is 11.8. The van der Waals surface area contributed by atoms with Crippen LogP contribution in [0, 0.1) is 17.8 Å². The summed E-state index contributed by atoms with van der Waals surface area (Å²) < 4.78 is 0. The highest BCUT2D eigenvalue weighted by atomic mass is 16.3. The minimum atomic E-state index is -0.537. The Kier molecular flexibility index (Phi) is 6.87. The highest BCUT2D eigenvalue weighted by molar-refractivity contribution is 5.53. The summed E-state index contributed by atoms with van der Waals surface area (Å²) in [5.74, 6) is 0.883. The smallest absolute Gasteiger partial charge is 0.123 e. The highest BCUT2D eigenvalue weighted by Gasteiger charge is 2.25. The van der Waals surface area contributed by atoms with Crippen LogP contribution in [-0.2, 0) is 4.79 Å². The molecule has 0 heterocycles. The zero-order chi connectivity index (χ0) is 13.5. The molecule has 0 aromatic carbocycles. The third-order valence-corrected chi connectivity index (χ3v) is 4.37. The van der Waals surface area contributed by atoms with E-state index >= 15 is 0 Å². The summed E-state index contributed by atoms with van der Waals surface area (Å²) in [4.78, 5) is 10.9. The number of nitrogens with two attached hydrogens (primary N) is 1. The number of aliphatic hydroxyl groups is 1. The van der Waals surface area contributed by atoms with E-state index in [0.29, 0.717) is 12.3 Å². The monoisotopic (exact) mass is 255 g/mol. The topological polar surface area (TPSA) is 63.3 Å². The van der Waals surface area contributed by atoms with E-state index in [1.807, 2.05) is 13.8 Å². The van der Waals surface area contributed by atoms with Crippen LogP contribution in [0.3, 0.4) is 0 Å². The summed E-state index contributed by atoms with van der Waals surface area (Å²) in [6.07, 6.45) is 8.29. The fourth-order valence-electron chi connectivity index (χ4n) is 2.90. The van der Waals surface area contributed by atoms with Gasteiger partial charge in [-0.15, -0.1) is 0 Å². The minimum Gasteiger partial charge on any atom is -0.391 e. The molecule has 18 heavy (non-hydrogen) atoms. The Morgan fingerprint density at radius 3 is 2.39 bits per heavy atom. The standard InChI is InChI=1S/C15H29NO2/c1-11(2)13(10-17)9-15(18)14(16)8-12-6-4-3-5-7-12/h10-15,18H,3-9,16H2,1-2H3. The molecule has 1 saturated carbocycles. The van der Waals surface area contributed by atoms with Gasteiger partial charge in [0.15, 0.2) is 0 Å². The Bertz CT molecular complexity index is 237. The van der Waals surface area contributed by atoms with Gasteiger partial charge in [0.25, 0.3) is 0 Å². The quantitative estimate of drug-likeness (QED) is 0.687. The van der Waals surface area contributed by atoms with Gasteiger partial charge in [0.1, 0.15) is 6.29 Å². The van der Waals surface area contributed by atoms with Crippen molar-refractivity contribution in [3.63, 3.8) is 0 Å². The Labute approximate surface area is 111 Å². The Morgan fingerprint density at radius 1 is 1.28 bits per heavy atom. The van der Waals surface area contributed by atoms with Crippen molar-refractivity contribution >= 4 is 6.29 Å². The molecule has 106 valence electrons. The molecule has 3 heteroatoms. The van der Waals surface area contributed by atoms with Gasteiger partial charge in [0, 0.05) is 12.0 Å². The first-order valence-electron chi connectivity index (χ1n) is 7.43. The van der Waals surface area contributed by atoms with Crippen LogP contribution < -0.4 is 5.73 Å². The molecular formula is C15H29NO2. The lowest BCUT2D eigenvalue weighted by Crippen LogP contribution is -2.38. The van der Waals surface area contributed by atoms with Gasteiger partial charge in [-0.3, -0.25) is 0 Å². The first kappa shape index (κ1) is 15.6. The number of carbonyl (C=O) groups excluding carboxylic acids is 1. The summed E-state index contributed by atoms with van der Waals surface area (Å²) >= 11 is 0. The summed E-state index contributed by atoms with van der Waals surface area (Å²) in [5.41, 5.74) is 6.09. The number of rotatable bonds is 7. The molecule has 3 N–H and O–H groups in total. The van der Waals surface area contributed by atoms with Crippen LogP contribution in [0.2, 0.25) is 0 Å². The second-order valence-corrected chi connectivity index (χ2v) is 6.25. The van der Waals surface area contributed by atoms with E-state index in [1.54, 1.807) is 0 Å². The zero-order valence-electron chi connectivity index (χ0n) is 11.8. The molecule has 1 aliphatic rings. The summed E-state index contributed by atoms with van der Waals surface area (Å²) in [6, 6.07) is -0.172. The van der Waals surface area contributed by atoms with E-state index < -0.39 is 6.10 Å². The Hall–Kier alpha value is -0.410. The Morgan fingerprint density at radius 2 is 1.89 bits per heavy atom. The third-order valence-electron chi connectivity index (χ3n) is 4.37. The molecule has 1 fully saturated rings. The van der Waals surface area contributed by atoms with Crippen molar-refractivity contribution in [2.75, 3.05) is 0 Å². The molecule has 3 atom stereocenters. The fraction of sp³-hybridized carbons (Fsp3) is 0.933. The molecule has 1 rings (SSSR count). The van der Waals surface area contributed by atoms with E-state index in [1.165, 1.54) is 32.1 Å². The minimum absolute atomic E-state index is 0.0718. The first-order chi connectivity index (χ1) is 8.54. The van der Waals surface area contributed by atoms with Gasteiger partial charge < -0.3 is 15.6 Å². The molecule has 0 bridgehead atoms. The lowest BCUT2D eigenvalue weighted by Gasteiger charge is -2.28. The average Bonchev–Trinajstić information content (AvgIpc) is 2.36. The first-order valence-corrected chi connectivity index (χ1v) is 7.43. The molecule has 0 saturated heterocycles. The molecular weight excluding hydrogens is 226 g/mol. The lowest BCUT2D eigenvalue weighted by molar-refractivity contribution is -0.113. The van der Waals surface area contributed by atoms with Crippen molar-refractivity contribution in [1.29, 1.82) is 0 Å². The number of hydrogen-bond acceptors (Lipinski definition) is 3. The predicted octanol–water partition coefficient (Wildman–Crippen LogP) is 2.51. The second-order valence-electron chi connectivity index (χ2n) is 6.25. The predicted molar refractivity (Wildman–Crippen MR) is 74.2 cm³/mol. The number of aliphatic hydroxyl groups excluding tert-OH is 1. The van der Waals surface area contributed by atoms with Crippen molar-refractivity contribution in [2.45, 2.75) is 70.9 Å². The largest absolute Gasteiger partial charge is 0.391 e. The maximum atomic E-state index is 10.9. The number of carbonyl (C=O) groups is 1. The molecule has 1 aliphatic carbocycles. The van der Waals surface area contributed by atoms with Crippen LogP contribution in [0.15, 0.2) is 0 Å². The maximum absolute atomic E-state index is 10.9. The number of aldehydes is 1. The highest BCUT2D eigenvalue weighted by Crippen LogP contribution is 2.28. The molecule has 0 aliphatic heterocycles. The van der Waals surface area contributed by atoms with Gasteiger partial charge in [-0.25, -0.2) is 0 Å². The van der Waals surface area contributed by atoms with Crippen molar-refractivity contribution in [3.8, 4) is 0 Å². The van der Waals surface area contributed by atoms with Crippen molar-refractivity contribution in [1.82, 2.24) is 0 Å². The van der Waals surface area contributed by atoms with Crippen molar-refractivity contribution in [3.05, 3.63) is 0 Å². The van der Waals surface area contributed by atoms with Crippen LogP contribution >= 0.6 is 0 Å². The normalized spacial score (nSPS) is 22.7.